The van der Waals surface area contributed by atoms with Crippen LogP contribution >= 0.6 is 0 Å². The molecule has 0 aliphatic carbocycles. The quantitative estimate of drug-likeness (QED) is 0.873. The summed E-state index contributed by atoms with van der Waals surface area (Å²) in [6.45, 7) is 4.49. The summed E-state index contributed by atoms with van der Waals surface area (Å²) in [7, 11) is -4.02. The largest absolute Gasteiger partial charge is 0.478 e. The second-order valence-electron chi connectivity index (χ2n) is 4.56. The first kappa shape index (κ1) is 15.3. The number of nitrogens with one attached hydrogen (secondary N) is 1. The van der Waals surface area contributed by atoms with Crippen molar-refractivity contribution in [3.63, 3.8) is 0 Å². The molecule has 0 aliphatic heterocycles. The van der Waals surface area contributed by atoms with Crippen LogP contribution in [0.4, 0.5) is 0 Å². The molecule has 0 aromatic carbocycles. The summed E-state index contributed by atoms with van der Waals surface area (Å²) < 4.78 is 37.3. The number of aromatic carboxylic acids is 1. The van der Waals surface area contributed by atoms with Crippen LogP contribution in [0, 0.1) is 20.8 Å². The van der Waals surface area contributed by atoms with Gasteiger partial charge in [-0.05, 0) is 32.9 Å². The first-order chi connectivity index (χ1) is 9.72. The maximum atomic E-state index is 12.3. The normalized spacial score (nSPS) is 11.8. The van der Waals surface area contributed by atoms with Gasteiger partial charge in [0.2, 0.25) is 10.0 Å². The molecule has 0 bridgehead atoms. The number of sulfonamides is 1. The van der Waals surface area contributed by atoms with Gasteiger partial charge in [-0.2, -0.15) is 0 Å². The number of carboxylic acids is 1. The summed E-state index contributed by atoms with van der Waals surface area (Å²) in [5.74, 6) is -0.169. The van der Waals surface area contributed by atoms with Gasteiger partial charge in [-0.1, -0.05) is 0 Å². The van der Waals surface area contributed by atoms with Crippen molar-refractivity contribution in [2.45, 2.75) is 32.2 Å². The first-order valence-electron chi connectivity index (χ1n) is 6.10. The number of aryl methyl sites for hydroxylation is 3. The molecule has 0 saturated carbocycles. The van der Waals surface area contributed by atoms with E-state index >= 15 is 0 Å². The first-order valence-corrected chi connectivity index (χ1v) is 7.59. The number of hydrogen-bond donors (Lipinski definition) is 2. The molecule has 0 radical (unpaired) electrons. The molecular formula is C13H15NO6S. The second-order valence-corrected chi connectivity index (χ2v) is 6.26. The molecular weight excluding hydrogens is 298 g/mol. The highest BCUT2D eigenvalue weighted by atomic mass is 32.2. The average molecular weight is 313 g/mol. The van der Waals surface area contributed by atoms with E-state index in [0.29, 0.717) is 11.5 Å². The molecule has 21 heavy (non-hydrogen) atoms. The standard InChI is InChI=1S/C13H15NO6S/c1-7-4-5-10(19-7)6-14-21(17,18)12-9(3)20-8(2)11(12)13(15)16/h4-5,14H,6H2,1-3H3,(H,15,16). The summed E-state index contributed by atoms with van der Waals surface area (Å²) in [4.78, 5) is 10.9. The Bertz CT molecular complexity index is 784. The highest BCUT2D eigenvalue weighted by Crippen LogP contribution is 2.26. The van der Waals surface area contributed by atoms with Crippen LogP contribution in [0.3, 0.4) is 0 Å². The Labute approximate surface area is 121 Å². The minimum atomic E-state index is -4.02. The Hall–Kier alpha value is -2.06. The highest BCUT2D eigenvalue weighted by molar-refractivity contribution is 7.89. The SMILES string of the molecule is Cc1ccc(CNS(=O)(=O)c2c(C)oc(C)c2C(=O)O)o1. The third kappa shape index (κ3) is 3.01. The minimum Gasteiger partial charge on any atom is -0.478 e. The Morgan fingerprint density at radius 3 is 2.38 bits per heavy atom. The van der Waals surface area contributed by atoms with E-state index in [1.54, 1.807) is 19.1 Å². The van der Waals surface area contributed by atoms with Crippen LogP contribution < -0.4 is 4.72 Å². The van der Waals surface area contributed by atoms with Crippen molar-refractivity contribution < 1.29 is 27.2 Å². The molecule has 2 rings (SSSR count). The molecule has 0 saturated heterocycles. The molecule has 0 aliphatic rings. The maximum Gasteiger partial charge on any atom is 0.340 e. The van der Waals surface area contributed by atoms with Crippen LogP contribution in [-0.2, 0) is 16.6 Å². The van der Waals surface area contributed by atoms with Crippen molar-refractivity contribution in [2.24, 2.45) is 0 Å². The number of rotatable bonds is 5. The van der Waals surface area contributed by atoms with Crippen molar-refractivity contribution in [2.75, 3.05) is 0 Å². The van der Waals surface area contributed by atoms with Crippen LogP contribution in [0.25, 0.3) is 0 Å². The van der Waals surface area contributed by atoms with Crippen molar-refractivity contribution in [3.05, 3.63) is 40.7 Å². The van der Waals surface area contributed by atoms with Gasteiger partial charge >= 0.3 is 5.97 Å². The van der Waals surface area contributed by atoms with Crippen LogP contribution in [0.1, 0.15) is 33.4 Å². The maximum absolute atomic E-state index is 12.3. The fraction of sp³-hybridized carbons (Fsp3) is 0.308. The van der Waals surface area contributed by atoms with Crippen molar-refractivity contribution in [1.82, 2.24) is 4.72 Å². The summed E-state index contributed by atoms with van der Waals surface area (Å²) >= 11 is 0. The van der Waals surface area contributed by atoms with Gasteiger partial charge in [0.05, 0.1) is 6.54 Å². The fourth-order valence-corrected chi connectivity index (χ4v) is 3.45. The van der Waals surface area contributed by atoms with Crippen molar-refractivity contribution in [1.29, 1.82) is 0 Å². The number of carboxylic acid groups (broad SMARTS) is 1. The van der Waals surface area contributed by atoms with Crippen LogP contribution in [0.2, 0.25) is 0 Å². The summed E-state index contributed by atoms with van der Waals surface area (Å²) in [5, 5.41) is 9.14. The molecule has 2 aromatic rings. The van der Waals surface area contributed by atoms with Gasteiger partial charge in [0, 0.05) is 0 Å². The molecule has 0 fully saturated rings. The average Bonchev–Trinajstić information content (AvgIpc) is 2.90. The number of carbonyl (C=O) groups is 1. The van der Waals surface area contributed by atoms with E-state index in [-0.39, 0.29) is 28.5 Å². The van der Waals surface area contributed by atoms with Gasteiger partial charge in [0.15, 0.2) is 0 Å². The lowest BCUT2D eigenvalue weighted by Gasteiger charge is -2.05. The Morgan fingerprint density at radius 1 is 1.19 bits per heavy atom. The molecule has 0 unspecified atom stereocenters. The zero-order valence-electron chi connectivity index (χ0n) is 11.8. The highest BCUT2D eigenvalue weighted by Gasteiger charge is 2.30. The Morgan fingerprint density at radius 2 is 1.86 bits per heavy atom. The Balaban J connectivity index is 2.34. The Kier molecular flexibility index (Phi) is 3.93. The van der Waals surface area contributed by atoms with Crippen LogP contribution in [-0.4, -0.2) is 19.5 Å². The minimum absolute atomic E-state index is 0.0352. The molecule has 0 amide bonds. The lowest BCUT2D eigenvalue weighted by atomic mass is 10.2. The number of hydrogen-bond acceptors (Lipinski definition) is 5. The van der Waals surface area contributed by atoms with E-state index in [4.69, 9.17) is 13.9 Å². The molecule has 8 heteroatoms. The van der Waals surface area contributed by atoms with E-state index < -0.39 is 16.0 Å². The summed E-state index contributed by atoms with van der Waals surface area (Å²) in [5.41, 5.74) is -0.351. The van der Waals surface area contributed by atoms with E-state index in [2.05, 4.69) is 4.72 Å². The fourth-order valence-electron chi connectivity index (χ4n) is 2.05. The van der Waals surface area contributed by atoms with Crippen LogP contribution in [0.15, 0.2) is 25.9 Å². The molecule has 114 valence electrons. The van der Waals surface area contributed by atoms with E-state index in [9.17, 15) is 13.2 Å². The van der Waals surface area contributed by atoms with Crippen molar-refractivity contribution >= 4 is 16.0 Å². The summed E-state index contributed by atoms with van der Waals surface area (Å²) in [6, 6.07) is 3.35. The van der Waals surface area contributed by atoms with Crippen LogP contribution in [0.5, 0.6) is 0 Å². The summed E-state index contributed by atoms with van der Waals surface area (Å²) in [6.07, 6.45) is 0. The predicted octanol–water partition coefficient (Wildman–Crippen LogP) is 1.97. The molecule has 2 aromatic heterocycles. The molecule has 2 heterocycles. The van der Waals surface area contributed by atoms with Crippen molar-refractivity contribution in [3.8, 4) is 0 Å². The topological polar surface area (TPSA) is 110 Å². The van der Waals surface area contributed by atoms with E-state index in [1.807, 2.05) is 0 Å². The molecule has 7 nitrogen and oxygen atoms in total. The monoisotopic (exact) mass is 313 g/mol. The third-order valence-electron chi connectivity index (χ3n) is 2.92. The van der Waals surface area contributed by atoms with Gasteiger partial charge in [-0.25, -0.2) is 17.9 Å². The van der Waals surface area contributed by atoms with Gasteiger partial charge in [-0.15, -0.1) is 0 Å². The third-order valence-corrected chi connectivity index (χ3v) is 4.47. The predicted molar refractivity (Wildman–Crippen MR) is 72.6 cm³/mol. The molecule has 0 atom stereocenters. The lowest BCUT2D eigenvalue weighted by molar-refractivity contribution is 0.0691. The number of furan rings is 2. The second kappa shape index (κ2) is 5.38. The zero-order valence-corrected chi connectivity index (χ0v) is 12.6. The lowest BCUT2D eigenvalue weighted by Crippen LogP contribution is -2.25. The van der Waals surface area contributed by atoms with Gasteiger partial charge < -0.3 is 13.9 Å². The molecule has 2 N–H and O–H groups in total. The zero-order chi connectivity index (χ0) is 15.8. The van der Waals surface area contributed by atoms with Gasteiger partial charge in [0.25, 0.3) is 0 Å². The molecule has 0 spiro atoms. The van der Waals surface area contributed by atoms with E-state index in [0.717, 1.165) is 0 Å². The van der Waals surface area contributed by atoms with E-state index in [1.165, 1.54) is 13.8 Å². The smallest absolute Gasteiger partial charge is 0.340 e. The van der Waals surface area contributed by atoms with Gasteiger partial charge in [-0.3, -0.25) is 0 Å². The van der Waals surface area contributed by atoms with Gasteiger partial charge in [0.1, 0.15) is 33.5 Å².